The van der Waals surface area contributed by atoms with Crippen molar-refractivity contribution in [2.75, 3.05) is 26.7 Å². The number of piperidine rings is 1. The molecule has 1 heterocycles. The van der Waals surface area contributed by atoms with Gasteiger partial charge in [0.2, 0.25) is 0 Å². The molecule has 1 amide bonds. The van der Waals surface area contributed by atoms with Crippen LogP contribution < -0.4 is 10.1 Å². The molecule has 2 atom stereocenters. The predicted octanol–water partition coefficient (Wildman–Crippen LogP) is 3.42. The zero-order valence-corrected chi connectivity index (χ0v) is 15.0. The predicted molar refractivity (Wildman–Crippen MR) is 96.8 cm³/mol. The van der Waals surface area contributed by atoms with Crippen molar-refractivity contribution in [2.45, 2.75) is 50.7 Å². The fourth-order valence-electron chi connectivity index (χ4n) is 4.03. The molecule has 1 N–H and O–H groups in total. The molecular formula is C20H29FN2O2. The van der Waals surface area contributed by atoms with E-state index >= 15 is 0 Å². The van der Waals surface area contributed by atoms with E-state index in [1.807, 2.05) is 12.1 Å². The van der Waals surface area contributed by atoms with Gasteiger partial charge < -0.3 is 15.0 Å². The first-order valence-corrected chi connectivity index (χ1v) is 9.47. The van der Waals surface area contributed by atoms with E-state index in [2.05, 4.69) is 10.2 Å². The van der Waals surface area contributed by atoms with Gasteiger partial charge in [0, 0.05) is 31.2 Å². The zero-order valence-electron chi connectivity index (χ0n) is 15.0. The van der Waals surface area contributed by atoms with E-state index in [9.17, 15) is 9.18 Å². The van der Waals surface area contributed by atoms with Gasteiger partial charge in [-0.1, -0.05) is 12.8 Å². The van der Waals surface area contributed by atoms with Crippen LogP contribution in [0.25, 0.3) is 0 Å². The lowest BCUT2D eigenvalue weighted by molar-refractivity contribution is 0.0851. The normalized spacial score (nSPS) is 25.5. The van der Waals surface area contributed by atoms with Gasteiger partial charge in [0.05, 0.1) is 7.11 Å². The molecule has 0 spiro atoms. The number of nitrogens with one attached hydrogen (secondary N) is 1. The molecule has 2 aliphatic rings. The number of halogens is 1. The topological polar surface area (TPSA) is 41.6 Å². The standard InChI is InChI=1S/C20H29FN2O2/c1-25-18-8-6-15(7-9-18)20(24)22-19-5-3-2-4-16(19)14-23-12-10-17(21)11-13-23/h6-9,16-17,19H,2-5,10-14H2,1H3,(H,22,24)/t16-,19+/m0/s1. The van der Waals surface area contributed by atoms with Crippen LogP contribution in [0.4, 0.5) is 4.39 Å². The Kier molecular flexibility index (Phi) is 6.29. The number of likely N-dealkylation sites (tertiary alicyclic amines) is 1. The smallest absolute Gasteiger partial charge is 0.251 e. The molecule has 4 nitrogen and oxygen atoms in total. The van der Waals surface area contributed by atoms with Crippen LogP contribution in [0, 0.1) is 5.92 Å². The number of hydrogen-bond acceptors (Lipinski definition) is 3. The average molecular weight is 348 g/mol. The quantitative estimate of drug-likeness (QED) is 0.886. The number of ether oxygens (including phenoxy) is 1. The van der Waals surface area contributed by atoms with Gasteiger partial charge in [-0.15, -0.1) is 0 Å². The summed E-state index contributed by atoms with van der Waals surface area (Å²) < 4.78 is 18.5. The molecule has 25 heavy (non-hydrogen) atoms. The maximum absolute atomic E-state index is 13.3. The van der Waals surface area contributed by atoms with Gasteiger partial charge in [-0.25, -0.2) is 4.39 Å². The molecule has 3 rings (SSSR count). The SMILES string of the molecule is COc1ccc(C(=O)N[C@@H]2CCCC[C@H]2CN2CCC(F)CC2)cc1. The zero-order chi connectivity index (χ0) is 17.6. The van der Waals surface area contributed by atoms with E-state index in [-0.39, 0.29) is 11.9 Å². The summed E-state index contributed by atoms with van der Waals surface area (Å²) in [5, 5.41) is 3.24. The minimum absolute atomic E-state index is 0.0120. The third-order valence-electron chi connectivity index (χ3n) is 5.59. The first-order chi connectivity index (χ1) is 12.2. The summed E-state index contributed by atoms with van der Waals surface area (Å²) in [6, 6.07) is 7.45. The third-order valence-corrected chi connectivity index (χ3v) is 5.59. The number of carbonyl (C=O) groups excluding carboxylic acids is 1. The molecule has 1 aromatic carbocycles. The molecule has 0 unspecified atom stereocenters. The molecule has 0 bridgehead atoms. The van der Waals surface area contributed by atoms with E-state index in [0.29, 0.717) is 24.3 Å². The first-order valence-electron chi connectivity index (χ1n) is 9.47. The van der Waals surface area contributed by atoms with Crippen molar-refractivity contribution < 1.29 is 13.9 Å². The maximum Gasteiger partial charge on any atom is 0.251 e. The Hall–Kier alpha value is -1.62. The van der Waals surface area contributed by atoms with Gasteiger partial charge in [-0.3, -0.25) is 4.79 Å². The maximum atomic E-state index is 13.3. The second kappa shape index (κ2) is 8.65. The van der Waals surface area contributed by atoms with Crippen LogP contribution in [-0.2, 0) is 0 Å². The fraction of sp³-hybridized carbons (Fsp3) is 0.650. The number of rotatable bonds is 5. The molecule has 2 fully saturated rings. The van der Waals surface area contributed by atoms with Crippen molar-refractivity contribution in [1.82, 2.24) is 10.2 Å². The second-order valence-corrected chi connectivity index (χ2v) is 7.33. The van der Waals surface area contributed by atoms with Gasteiger partial charge >= 0.3 is 0 Å². The van der Waals surface area contributed by atoms with Crippen LogP contribution in [0.5, 0.6) is 5.75 Å². The van der Waals surface area contributed by atoms with Crippen molar-refractivity contribution in [3.63, 3.8) is 0 Å². The molecule has 0 radical (unpaired) electrons. The highest BCUT2D eigenvalue weighted by Gasteiger charge is 2.29. The van der Waals surface area contributed by atoms with E-state index in [0.717, 1.165) is 44.6 Å². The fourth-order valence-corrected chi connectivity index (χ4v) is 4.03. The summed E-state index contributed by atoms with van der Waals surface area (Å²) in [5.41, 5.74) is 0.670. The summed E-state index contributed by atoms with van der Waals surface area (Å²) in [6.45, 7) is 2.66. The van der Waals surface area contributed by atoms with Crippen LogP contribution >= 0.6 is 0 Å². The van der Waals surface area contributed by atoms with E-state index < -0.39 is 6.17 Å². The summed E-state index contributed by atoms with van der Waals surface area (Å²) in [7, 11) is 1.62. The monoisotopic (exact) mass is 348 g/mol. The Morgan fingerprint density at radius 1 is 1.16 bits per heavy atom. The van der Waals surface area contributed by atoms with Crippen molar-refractivity contribution in [3.05, 3.63) is 29.8 Å². The van der Waals surface area contributed by atoms with Crippen LogP contribution in [0.1, 0.15) is 48.9 Å². The van der Waals surface area contributed by atoms with Crippen LogP contribution in [-0.4, -0.2) is 49.8 Å². The summed E-state index contributed by atoms with van der Waals surface area (Å²) in [5.74, 6) is 1.21. The first kappa shape index (κ1) is 18.2. The summed E-state index contributed by atoms with van der Waals surface area (Å²) >= 11 is 0. The minimum atomic E-state index is -0.631. The highest BCUT2D eigenvalue weighted by Crippen LogP contribution is 2.27. The van der Waals surface area contributed by atoms with Crippen LogP contribution in [0.3, 0.4) is 0 Å². The van der Waals surface area contributed by atoms with Crippen LogP contribution in [0.2, 0.25) is 0 Å². The van der Waals surface area contributed by atoms with Gasteiger partial charge in [0.15, 0.2) is 0 Å². The largest absolute Gasteiger partial charge is 0.497 e. The molecule has 1 aromatic rings. The number of methoxy groups -OCH3 is 1. The highest BCUT2D eigenvalue weighted by molar-refractivity contribution is 5.94. The molecule has 5 heteroatoms. The number of hydrogen-bond donors (Lipinski definition) is 1. The van der Waals surface area contributed by atoms with Crippen LogP contribution in [0.15, 0.2) is 24.3 Å². The lowest BCUT2D eigenvalue weighted by Crippen LogP contribution is -2.48. The molecular weight excluding hydrogens is 319 g/mol. The lowest BCUT2D eigenvalue weighted by atomic mass is 9.83. The molecule has 1 saturated carbocycles. The van der Waals surface area contributed by atoms with Gasteiger partial charge in [0.1, 0.15) is 11.9 Å². The van der Waals surface area contributed by atoms with Crippen molar-refractivity contribution in [3.8, 4) is 5.75 Å². The Labute approximate surface area is 149 Å². The number of nitrogens with zero attached hydrogens (tertiary/aromatic N) is 1. The Morgan fingerprint density at radius 3 is 2.52 bits per heavy atom. The van der Waals surface area contributed by atoms with Gasteiger partial charge in [-0.2, -0.15) is 0 Å². The van der Waals surface area contributed by atoms with Crippen molar-refractivity contribution in [1.29, 1.82) is 0 Å². The van der Waals surface area contributed by atoms with Crippen molar-refractivity contribution in [2.24, 2.45) is 5.92 Å². The Balaban J connectivity index is 1.57. The van der Waals surface area contributed by atoms with Gasteiger partial charge in [-0.05, 0) is 55.9 Å². The third kappa shape index (κ3) is 4.94. The summed E-state index contributed by atoms with van der Waals surface area (Å²) in [4.78, 5) is 15.0. The molecule has 1 saturated heterocycles. The lowest BCUT2D eigenvalue weighted by Gasteiger charge is -2.37. The molecule has 1 aliphatic carbocycles. The van der Waals surface area contributed by atoms with E-state index in [4.69, 9.17) is 4.74 Å². The number of alkyl halides is 1. The summed E-state index contributed by atoms with van der Waals surface area (Å²) in [6.07, 6.45) is 5.23. The number of benzene rings is 1. The highest BCUT2D eigenvalue weighted by atomic mass is 19.1. The molecule has 0 aromatic heterocycles. The van der Waals surface area contributed by atoms with Crippen molar-refractivity contribution >= 4 is 5.91 Å². The average Bonchev–Trinajstić information content (AvgIpc) is 2.65. The second-order valence-electron chi connectivity index (χ2n) is 7.33. The van der Waals surface area contributed by atoms with E-state index in [1.54, 1.807) is 19.2 Å². The molecule has 1 aliphatic heterocycles. The molecule has 138 valence electrons. The minimum Gasteiger partial charge on any atom is -0.497 e. The van der Waals surface area contributed by atoms with E-state index in [1.165, 1.54) is 6.42 Å². The Bertz CT molecular complexity index is 555. The number of carbonyl (C=O) groups is 1. The van der Waals surface area contributed by atoms with Gasteiger partial charge in [0.25, 0.3) is 5.91 Å². The Morgan fingerprint density at radius 2 is 1.84 bits per heavy atom. The number of amides is 1.